The van der Waals surface area contributed by atoms with Gasteiger partial charge in [0.15, 0.2) is 5.96 Å². The summed E-state index contributed by atoms with van der Waals surface area (Å²) in [4.78, 5) is 4.21. The van der Waals surface area contributed by atoms with E-state index in [1.54, 1.807) is 0 Å². The van der Waals surface area contributed by atoms with Crippen molar-refractivity contribution in [2.45, 2.75) is 40.3 Å². The van der Waals surface area contributed by atoms with Crippen LogP contribution in [0.3, 0.4) is 0 Å². The molecule has 0 atom stereocenters. The lowest BCUT2D eigenvalue weighted by molar-refractivity contribution is 0.392. The first-order chi connectivity index (χ1) is 7.00. The van der Waals surface area contributed by atoms with Crippen LogP contribution in [0.5, 0.6) is 0 Å². The molecule has 3 N–H and O–H groups in total. The Morgan fingerprint density at radius 2 is 2.12 bits per heavy atom. The van der Waals surface area contributed by atoms with Crippen LogP contribution in [0.25, 0.3) is 0 Å². The minimum absolute atomic E-state index is 0. The summed E-state index contributed by atoms with van der Waals surface area (Å²) in [6.45, 7) is 8.30. The highest BCUT2D eigenvalue weighted by molar-refractivity contribution is 14.0. The molecular weight excluding hydrogens is 319 g/mol. The molecule has 5 nitrogen and oxygen atoms in total. The fourth-order valence-corrected chi connectivity index (χ4v) is 1.23. The van der Waals surface area contributed by atoms with Crippen molar-refractivity contribution >= 4 is 29.9 Å². The molecular formula is C10H19IN4O. The maximum absolute atomic E-state index is 5.68. The molecule has 0 saturated heterocycles. The minimum atomic E-state index is 0. The predicted molar refractivity (Wildman–Crippen MR) is 75.0 cm³/mol. The molecule has 0 aliphatic carbocycles. The lowest BCUT2D eigenvalue weighted by Crippen LogP contribution is -2.36. The van der Waals surface area contributed by atoms with Gasteiger partial charge in [0, 0.05) is 11.6 Å². The van der Waals surface area contributed by atoms with Gasteiger partial charge in [-0.25, -0.2) is 4.99 Å². The topological polar surface area (TPSA) is 76.4 Å². The molecule has 0 amide bonds. The fourth-order valence-electron chi connectivity index (χ4n) is 1.23. The summed E-state index contributed by atoms with van der Waals surface area (Å²) in [5.41, 5.74) is 7.55. The second kappa shape index (κ2) is 6.72. The van der Waals surface area contributed by atoms with Gasteiger partial charge < -0.3 is 15.6 Å². The van der Waals surface area contributed by atoms with Gasteiger partial charge in [-0.1, -0.05) is 5.16 Å². The van der Waals surface area contributed by atoms with E-state index in [9.17, 15) is 0 Å². The standard InChI is InChI=1S/C10H18N4O.HI/c1-6(2)13-10(11)12-5-9-7(3)14-15-8(9)4;/h6H,5H2,1-4H3,(H3,11,12,13);1H. The van der Waals surface area contributed by atoms with Crippen LogP contribution in [-0.2, 0) is 6.54 Å². The zero-order chi connectivity index (χ0) is 11.4. The monoisotopic (exact) mass is 338 g/mol. The Balaban J connectivity index is 0.00000225. The van der Waals surface area contributed by atoms with Gasteiger partial charge in [-0.2, -0.15) is 0 Å². The summed E-state index contributed by atoms with van der Waals surface area (Å²) < 4.78 is 5.03. The minimum Gasteiger partial charge on any atom is -0.370 e. The number of guanidine groups is 1. The first-order valence-corrected chi connectivity index (χ1v) is 4.99. The van der Waals surface area contributed by atoms with Crippen molar-refractivity contribution in [3.05, 3.63) is 17.0 Å². The second-order valence-corrected chi connectivity index (χ2v) is 3.80. The Kier molecular flexibility index (Phi) is 6.39. The summed E-state index contributed by atoms with van der Waals surface area (Å²) in [5, 5.41) is 6.87. The molecule has 0 aliphatic heterocycles. The van der Waals surface area contributed by atoms with Crippen LogP contribution >= 0.6 is 24.0 Å². The number of hydrogen-bond acceptors (Lipinski definition) is 3. The number of aromatic nitrogens is 1. The van der Waals surface area contributed by atoms with Crippen LogP contribution in [0.2, 0.25) is 0 Å². The molecule has 0 spiro atoms. The number of aliphatic imine (C=N–C) groups is 1. The van der Waals surface area contributed by atoms with Crippen molar-refractivity contribution in [3.63, 3.8) is 0 Å². The molecule has 0 bridgehead atoms. The molecule has 92 valence electrons. The number of nitrogens with two attached hydrogens (primary N) is 1. The van der Waals surface area contributed by atoms with E-state index in [4.69, 9.17) is 10.3 Å². The van der Waals surface area contributed by atoms with Gasteiger partial charge in [0.1, 0.15) is 5.76 Å². The number of rotatable bonds is 3. The Labute approximate surface area is 113 Å². The van der Waals surface area contributed by atoms with Crippen LogP contribution in [0, 0.1) is 13.8 Å². The van der Waals surface area contributed by atoms with Gasteiger partial charge in [-0.3, -0.25) is 0 Å². The smallest absolute Gasteiger partial charge is 0.189 e. The third kappa shape index (κ3) is 4.38. The van der Waals surface area contributed by atoms with E-state index in [1.807, 2.05) is 27.7 Å². The van der Waals surface area contributed by atoms with Gasteiger partial charge in [0.2, 0.25) is 0 Å². The third-order valence-electron chi connectivity index (χ3n) is 2.03. The van der Waals surface area contributed by atoms with Crippen molar-refractivity contribution in [1.82, 2.24) is 10.5 Å². The van der Waals surface area contributed by atoms with E-state index in [-0.39, 0.29) is 24.0 Å². The number of nitrogens with zero attached hydrogens (tertiary/aromatic N) is 2. The summed E-state index contributed by atoms with van der Waals surface area (Å²) in [6.07, 6.45) is 0. The molecule has 16 heavy (non-hydrogen) atoms. The average Bonchev–Trinajstić information content (AvgIpc) is 2.42. The van der Waals surface area contributed by atoms with Crippen LogP contribution in [-0.4, -0.2) is 17.2 Å². The SMILES string of the molecule is Cc1noc(C)c1CN=C(N)NC(C)C.I. The molecule has 0 fully saturated rings. The third-order valence-corrected chi connectivity index (χ3v) is 2.03. The van der Waals surface area contributed by atoms with Gasteiger partial charge in [0.05, 0.1) is 12.2 Å². The fraction of sp³-hybridized carbons (Fsp3) is 0.600. The highest BCUT2D eigenvalue weighted by atomic mass is 127. The van der Waals surface area contributed by atoms with E-state index < -0.39 is 0 Å². The summed E-state index contributed by atoms with van der Waals surface area (Å²) in [6, 6.07) is 0.290. The Bertz CT molecular complexity index is 340. The largest absolute Gasteiger partial charge is 0.370 e. The van der Waals surface area contributed by atoms with E-state index in [0.717, 1.165) is 17.0 Å². The van der Waals surface area contributed by atoms with Crippen molar-refractivity contribution in [2.24, 2.45) is 10.7 Å². The van der Waals surface area contributed by atoms with E-state index in [0.29, 0.717) is 18.5 Å². The average molecular weight is 338 g/mol. The van der Waals surface area contributed by atoms with Crippen LogP contribution in [0.15, 0.2) is 9.52 Å². The lowest BCUT2D eigenvalue weighted by Gasteiger charge is -2.08. The van der Waals surface area contributed by atoms with Crippen molar-refractivity contribution in [2.75, 3.05) is 0 Å². The summed E-state index contributed by atoms with van der Waals surface area (Å²) >= 11 is 0. The van der Waals surface area contributed by atoms with E-state index >= 15 is 0 Å². The van der Waals surface area contributed by atoms with Gasteiger partial charge in [0.25, 0.3) is 0 Å². The molecule has 0 saturated carbocycles. The summed E-state index contributed by atoms with van der Waals surface area (Å²) in [5.74, 6) is 1.25. The second-order valence-electron chi connectivity index (χ2n) is 3.80. The zero-order valence-electron chi connectivity index (χ0n) is 10.1. The van der Waals surface area contributed by atoms with Crippen molar-refractivity contribution < 1.29 is 4.52 Å². The Hall–Kier alpha value is -0.790. The number of halogens is 1. The maximum atomic E-state index is 5.68. The first kappa shape index (κ1) is 15.2. The first-order valence-electron chi connectivity index (χ1n) is 4.99. The molecule has 0 aliphatic rings. The van der Waals surface area contributed by atoms with Crippen LogP contribution in [0.1, 0.15) is 30.9 Å². The number of hydrogen-bond donors (Lipinski definition) is 2. The quantitative estimate of drug-likeness (QED) is 0.500. The van der Waals surface area contributed by atoms with Crippen molar-refractivity contribution in [3.8, 4) is 0 Å². The van der Waals surface area contributed by atoms with Gasteiger partial charge in [-0.05, 0) is 27.7 Å². The van der Waals surface area contributed by atoms with Crippen molar-refractivity contribution in [1.29, 1.82) is 0 Å². The van der Waals surface area contributed by atoms with E-state index in [2.05, 4.69) is 15.5 Å². The Morgan fingerprint density at radius 1 is 1.50 bits per heavy atom. The van der Waals surface area contributed by atoms with Gasteiger partial charge in [-0.15, -0.1) is 24.0 Å². The van der Waals surface area contributed by atoms with Crippen LogP contribution < -0.4 is 11.1 Å². The number of nitrogens with one attached hydrogen (secondary N) is 1. The highest BCUT2D eigenvalue weighted by Crippen LogP contribution is 2.12. The molecule has 0 radical (unpaired) electrons. The normalized spacial score (nSPS) is 11.4. The molecule has 0 aromatic carbocycles. The zero-order valence-corrected chi connectivity index (χ0v) is 12.4. The maximum Gasteiger partial charge on any atom is 0.189 e. The molecule has 1 rings (SSSR count). The Morgan fingerprint density at radius 3 is 2.56 bits per heavy atom. The number of aryl methyl sites for hydroxylation is 2. The highest BCUT2D eigenvalue weighted by Gasteiger charge is 2.07. The molecule has 1 heterocycles. The van der Waals surface area contributed by atoms with Crippen LogP contribution in [0.4, 0.5) is 0 Å². The van der Waals surface area contributed by atoms with E-state index in [1.165, 1.54) is 0 Å². The molecule has 1 aromatic heterocycles. The molecule has 0 unspecified atom stereocenters. The summed E-state index contributed by atoms with van der Waals surface area (Å²) in [7, 11) is 0. The lowest BCUT2D eigenvalue weighted by atomic mass is 10.2. The predicted octanol–water partition coefficient (Wildman–Crippen LogP) is 1.72. The molecule has 1 aromatic rings. The van der Waals surface area contributed by atoms with Gasteiger partial charge >= 0.3 is 0 Å². The molecule has 6 heteroatoms.